The van der Waals surface area contributed by atoms with Crippen molar-refractivity contribution in [3.63, 3.8) is 0 Å². The van der Waals surface area contributed by atoms with Crippen LogP contribution < -0.4 is 4.90 Å². The molecule has 0 radical (unpaired) electrons. The van der Waals surface area contributed by atoms with Crippen molar-refractivity contribution in [3.8, 4) is 33.4 Å². The number of benzene rings is 8. The van der Waals surface area contributed by atoms with Crippen LogP contribution in [0.4, 0.5) is 17.1 Å². The number of nitrogens with zero attached hydrogens (tertiary/aromatic N) is 1. The fourth-order valence-electron chi connectivity index (χ4n) is 8.02. The summed E-state index contributed by atoms with van der Waals surface area (Å²) in [6, 6.07) is 62.6. The van der Waals surface area contributed by atoms with Crippen LogP contribution in [0.3, 0.4) is 0 Å². The highest BCUT2D eigenvalue weighted by Gasteiger charge is 2.37. The van der Waals surface area contributed by atoms with Crippen molar-refractivity contribution in [2.45, 2.75) is 26.2 Å². The zero-order valence-electron chi connectivity index (χ0n) is 28.1. The molecule has 1 aliphatic carbocycles. The predicted octanol–water partition coefficient (Wildman–Crippen LogP) is 13.4. The first kappa shape index (κ1) is 29.2. The lowest BCUT2D eigenvalue weighted by Gasteiger charge is -2.30. The minimum atomic E-state index is -0.164. The zero-order valence-corrected chi connectivity index (χ0v) is 28.1. The van der Waals surface area contributed by atoms with E-state index in [-0.39, 0.29) is 5.41 Å². The van der Waals surface area contributed by atoms with Crippen LogP contribution in [0.1, 0.15) is 30.5 Å². The van der Waals surface area contributed by atoms with Gasteiger partial charge < -0.3 is 4.90 Å². The van der Waals surface area contributed by atoms with Gasteiger partial charge in [-0.05, 0) is 109 Å². The molecule has 0 atom stereocenters. The van der Waals surface area contributed by atoms with E-state index in [1.54, 1.807) is 0 Å². The van der Waals surface area contributed by atoms with Crippen LogP contribution in [-0.4, -0.2) is 0 Å². The molecule has 49 heavy (non-hydrogen) atoms. The standard InChI is InChI=1S/C48H37N/c1-32-14-7-12-21-40(32)43-29-36-19-10-11-20-37(36)30-46(43)49(38-25-24-33-15-8-9-18-35(33)28-38)39-26-27-42-45(31-39)48(2,3)44-23-13-22-41(47(42)44)34-16-5-4-6-17-34/h4-31H,1-3H3. The smallest absolute Gasteiger partial charge is 0.0546 e. The Labute approximate surface area is 288 Å². The van der Waals surface area contributed by atoms with Crippen LogP contribution >= 0.6 is 0 Å². The Balaban J connectivity index is 1.32. The molecular formula is C48H37N. The third-order valence-corrected chi connectivity index (χ3v) is 10.6. The molecule has 0 N–H and O–H groups in total. The average molecular weight is 628 g/mol. The van der Waals surface area contributed by atoms with Crippen LogP contribution in [0.25, 0.3) is 54.9 Å². The number of hydrogen-bond acceptors (Lipinski definition) is 1. The average Bonchev–Trinajstić information content (AvgIpc) is 3.37. The summed E-state index contributed by atoms with van der Waals surface area (Å²) < 4.78 is 0. The van der Waals surface area contributed by atoms with Gasteiger partial charge in [-0.15, -0.1) is 0 Å². The van der Waals surface area contributed by atoms with E-state index >= 15 is 0 Å². The predicted molar refractivity (Wildman–Crippen MR) is 209 cm³/mol. The topological polar surface area (TPSA) is 3.24 Å². The van der Waals surface area contributed by atoms with Crippen molar-refractivity contribution in [3.05, 3.63) is 187 Å². The van der Waals surface area contributed by atoms with Gasteiger partial charge in [-0.3, -0.25) is 0 Å². The van der Waals surface area contributed by atoms with Crippen LogP contribution in [0, 0.1) is 6.92 Å². The molecule has 0 saturated carbocycles. The van der Waals surface area contributed by atoms with Gasteiger partial charge in [0.25, 0.3) is 0 Å². The Morgan fingerprint density at radius 1 is 0.408 bits per heavy atom. The first-order valence-corrected chi connectivity index (χ1v) is 17.2. The molecule has 1 heteroatoms. The largest absolute Gasteiger partial charge is 0.310 e. The monoisotopic (exact) mass is 627 g/mol. The van der Waals surface area contributed by atoms with Crippen molar-refractivity contribution >= 4 is 38.6 Å². The van der Waals surface area contributed by atoms with Crippen molar-refractivity contribution in [1.82, 2.24) is 0 Å². The second-order valence-corrected chi connectivity index (χ2v) is 13.8. The first-order chi connectivity index (χ1) is 24.0. The van der Waals surface area contributed by atoms with Gasteiger partial charge in [0.2, 0.25) is 0 Å². The lowest BCUT2D eigenvalue weighted by Crippen LogP contribution is -2.17. The highest BCUT2D eigenvalue weighted by Crippen LogP contribution is 2.54. The normalized spacial score (nSPS) is 13.0. The van der Waals surface area contributed by atoms with E-state index in [4.69, 9.17) is 0 Å². The minimum absolute atomic E-state index is 0.164. The summed E-state index contributed by atoms with van der Waals surface area (Å²) in [6.45, 7) is 6.98. The first-order valence-electron chi connectivity index (χ1n) is 17.2. The van der Waals surface area contributed by atoms with E-state index in [1.807, 2.05) is 0 Å². The van der Waals surface area contributed by atoms with Crippen LogP contribution in [0.15, 0.2) is 170 Å². The fraction of sp³-hybridized carbons (Fsp3) is 0.0833. The third kappa shape index (κ3) is 4.77. The Morgan fingerprint density at radius 3 is 1.80 bits per heavy atom. The summed E-state index contributed by atoms with van der Waals surface area (Å²) >= 11 is 0. The molecule has 8 aromatic carbocycles. The quantitative estimate of drug-likeness (QED) is 0.183. The molecule has 8 aromatic rings. The Hall–Kier alpha value is -5.92. The van der Waals surface area contributed by atoms with Gasteiger partial charge in [-0.25, -0.2) is 0 Å². The van der Waals surface area contributed by atoms with Crippen LogP contribution in [-0.2, 0) is 5.41 Å². The number of anilines is 3. The number of aryl methyl sites for hydroxylation is 1. The van der Waals surface area contributed by atoms with E-state index in [1.165, 1.54) is 77.3 Å². The summed E-state index contributed by atoms with van der Waals surface area (Å²) in [5.41, 5.74) is 15.0. The van der Waals surface area contributed by atoms with Gasteiger partial charge in [-0.2, -0.15) is 0 Å². The van der Waals surface area contributed by atoms with Crippen molar-refractivity contribution < 1.29 is 0 Å². The molecule has 0 fully saturated rings. The van der Waals surface area contributed by atoms with Crippen molar-refractivity contribution in [2.75, 3.05) is 4.90 Å². The number of fused-ring (bicyclic) bond motifs is 5. The second kappa shape index (κ2) is 11.4. The molecule has 0 saturated heterocycles. The lowest BCUT2D eigenvalue weighted by molar-refractivity contribution is 0.660. The van der Waals surface area contributed by atoms with E-state index in [2.05, 4.69) is 196 Å². The summed E-state index contributed by atoms with van der Waals surface area (Å²) in [5, 5.41) is 4.93. The minimum Gasteiger partial charge on any atom is -0.310 e. The number of rotatable bonds is 5. The highest BCUT2D eigenvalue weighted by molar-refractivity contribution is 6.01. The van der Waals surface area contributed by atoms with Gasteiger partial charge in [0, 0.05) is 22.4 Å². The molecule has 0 unspecified atom stereocenters. The van der Waals surface area contributed by atoms with Crippen LogP contribution in [0.2, 0.25) is 0 Å². The molecule has 234 valence electrons. The molecule has 1 aliphatic rings. The van der Waals surface area contributed by atoms with E-state index in [9.17, 15) is 0 Å². The Bertz CT molecular complexity index is 2540. The van der Waals surface area contributed by atoms with E-state index in [0.29, 0.717) is 0 Å². The molecule has 0 spiro atoms. The molecule has 0 bridgehead atoms. The maximum absolute atomic E-state index is 2.48. The third-order valence-electron chi connectivity index (χ3n) is 10.6. The molecule has 0 heterocycles. The van der Waals surface area contributed by atoms with Gasteiger partial charge in [0.05, 0.1) is 5.69 Å². The van der Waals surface area contributed by atoms with E-state index < -0.39 is 0 Å². The second-order valence-electron chi connectivity index (χ2n) is 13.8. The molecule has 0 aliphatic heterocycles. The fourth-order valence-corrected chi connectivity index (χ4v) is 8.02. The number of hydrogen-bond donors (Lipinski definition) is 0. The lowest BCUT2D eigenvalue weighted by atomic mass is 9.81. The molecular weight excluding hydrogens is 591 g/mol. The molecule has 0 amide bonds. The van der Waals surface area contributed by atoms with Crippen molar-refractivity contribution in [1.29, 1.82) is 0 Å². The van der Waals surface area contributed by atoms with E-state index in [0.717, 1.165) is 11.4 Å². The van der Waals surface area contributed by atoms with Crippen LogP contribution in [0.5, 0.6) is 0 Å². The van der Waals surface area contributed by atoms with Gasteiger partial charge in [0.1, 0.15) is 0 Å². The van der Waals surface area contributed by atoms with Gasteiger partial charge in [-0.1, -0.05) is 147 Å². The van der Waals surface area contributed by atoms with Crippen molar-refractivity contribution in [2.24, 2.45) is 0 Å². The van der Waals surface area contributed by atoms with Gasteiger partial charge in [0.15, 0.2) is 0 Å². The Kier molecular flexibility index (Phi) is 6.78. The summed E-state index contributed by atoms with van der Waals surface area (Å²) in [4.78, 5) is 2.48. The summed E-state index contributed by atoms with van der Waals surface area (Å²) in [6.07, 6.45) is 0. The molecule has 0 aromatic heterocycles. The molecule has 9 rings (SSSR count). The maximum Gasteiger partial charge on any atom is 0.0546 e. The Morgan fingerprint density at radius 2 is 1.02 bits per heavy atom. The SMILES string of the molecule is Cc1ccccc1-c1cc2ccccc2cc1N(c1ccc2c(c1)C(C)(C)c1cccc(-c3ccccc3)c1-2)c1ccc2ccccc2c1. The zero-order chi connectivity index (χ0) is 33.1. The highest BCUT2D eigenvalue weighted by atomic mass is 15.1. The maximum atomic E-state index is 2.48. The van der Waals surface area contributed by atoms with Gasteiger partial charge >= 0.3 is 0 Å². The molecule has 1 nitrogen and oxygen atoms in total. The summed E-state index contributed by atoms with van der Waals surface area (Å²) in [5.74, 6) is 0. The summed E-state index contributed by atoms with van der Waals surface area (Å²) in [7, 11) is 0.